The van der Waals surface area contributed by atoms with Gasteiger partial charge in [0.15, 0.2) is 5.16 Å². The van der Waals surface area contributed by atoms with Crippen LogP contribution in [0.3, 0.4) is 0 Å². The average Bonchev–Trinajstić information content (AvgIpc) is 2.84. The normalized spacial score (nSPS) is 11.1. The number of nitrogens with one attached hydrogen (secondary N) is 1. The first-order chi connectivity index (χ1) is 12.6. The first kappa shape index (κ1) is 21.0. The molecule has 0 aliphatic rings. The predicted octanol–water partition coefficient (Wildman–Crippen LogP) is 4.41. The first-order valence-electron chi connectivity index (χ1n) is 8.82. The number of carbonyl (C=O) groups is 1. The summed E-state index contributed by atoms with van der Waals surface area (Å²) in [4.78, 5) is 27.8. The smallest absolute Gasteiger partial charge is 0.293 e. The summed E-state index contributed by atoms with van der Waals surface area (Å²) in [5.41, 5.74) is 3.81. The summed E-state index contributed by atoms with van der Waals surface area (Å²) in [6.07, 6.45) is 0. The largest absolute Gasteiger partial charge is 0.323 e. The molecule has 1 N–H and O–H groups in total. The van der Waals surface area contributed by atoms with E-state index in [4.69, 9.17) is 0 Å². The maximum atomic E-state index is 12.5. The second-order valence-electron chi connectivity index (χ2n) is 7.07. The molecular formula is C19H26N4O3S. The lowest BCUT2D eigenvalue weighted by Gasteiger charge is -2.13. The van der Waals surface area contributed by atoms with Gasteiger partial charge in [-0.15, -0.1) is 0 Å². The van der Waals surface area contributed by atoms with Crippen LogP contribution in [0, 0.1) is 43.7 Å². The van der Waals surface area contributed by atoms with E-state index >= 15 is 0 Å². The molecule has 0 saturated carbocycles. The van der Waals surface area contributed by atoms with Gasteiger partial charge in [0.25, 0.3) is 5.69 Å². The van der Waals surface area contributed by atoms with Crippen LogP contribution in [0.4, 0.5) is 11.4 Å². The van der Waals surface area contributed by atoms with Crippen molar-refractivity contribution in [2.45, 2.75) is 53.2 Å². The van der Waals surface area contributed by atoms with Crippen molar-refractivity contribution in [2.75, 3.05) is 11.1 Å². The maximum Gasteiger partial charge on any atom is 0.293 e. The molecule has 0 bridgehead atoms. The molecule has 2 aromatic rings. The van der Waals surface area contributed by atoms with Crippen molar-refractivity contribution in [2.24, 2.45) is 5.92 Å². The molecule has 1 heterocycles. The summed E-state index contributed by atoms with van der Waals surface area (Å²) in [7, 11) is 0. The van der Waals surface area contributed by atoms with Gasteiger partial charge in [0.1, 0.15) is 5.69 Å². The van der Waals surface area contributed by atoms with Crippen LogP contribution in [0.1, 0.15) is 36.4 Å². The Balaban J connectivity index is 2.16. The number of aryl methyl sites for hydroxylation is 2. The summed E-state index contributed by atoms with van der Waals surface area (Å²) < 4.78 is 2.12. The molecule has 146 valence electrons. The second-order valence-corrected chi connectivity index (χ2v) is 8.01. The SMILES string of the molecule is Cc1ccc([N+](=O)[O-])c(NC(=O)CSc2nc(C)c(C)n2CC(C)C)c1C. The molecule has 0 saturated heterocycles. The fourth-order valence-electron chi connectivity index (χ4n) is 2.73. The molecule has 0 radical (unpaired) electrons. The zero-order valence-corrected chi connectivity index (χ0v) is 17.4. The van der Waals surface area contributed by atoms with Crippen molar-refractivity contribution in [3.63, 3.8) is 0 Å². The van der Waals surface area contributed by atoms with Crippen LogP contribution >= 0.6 is 11.8 Å². The molecule has 2 rings (SSSR count). The molecule has 1 aromatic heterocycles. The van der Waals surface area contributed by atoms with Crippen LogP contribution in [0.15, 0.2) is 17.3 Å². The number of imidazole rings is 1. The highest BCUT2D eigenvalue weighted by Gasteiger charge is 2.20. The highest BCUT2D eigenvalue weighted by molar-refractivity contribution is 7.99. The minimum absolute atomic E-state index is 0.0931. The van der Waals surface area contributed by atoms with Crippen molar-refractivity contribution < 1.29 is 9.72 Å². The molecule has 0 fully saturated rings. The Morgan fingerprint density at radius 1 is 1.30 bits per heavy atom. The highest BCUT2D eigenvalue weighted by atomic mass is 32.2. The van der Waals surface area contributed by atoms with E-state index in [1.807, 2.05) is 20.8 Å². The minimum Gasteiger partial charge on any atom is -0.323 e. The molecule has 0 aliphatic carbocycles. The van der Waals surface area contributed by atoms with Gasteiger partial charge in [-0.25, -0.2) is 4.98 Å². The maximum absolute atomic E-state index is 12.5. The molecule has 1 aromatic carbocycles. The van der Waals surface area contributed by atoms with E-state index in [1.165, 1.54) is 17.8 Å². The van der Waals surface area contributed by atoms with Gasteiger partial charge in [-0.1, -0.05) is 31.7 Å². The molecular weight excluding hydrogens is 364 g/mol. The predicted molar refractivity (Wildman–Crippen MR) is 108 cm³/mol. The fraction of sp³-hybridized carbons (Fsp3) is 0.474. The topological polar surface area (TPSA) is 90.1 Å². The van der Waals surface area contributed by atoms with Crippen LogP contribution in [0.25, 0.3) is 0 Å². The van der Waals surface area contributed by atoms with E-state index in [1.54, 1.807) is 13.0 Å². The summed E-state index contributed by atoms with van der Waals surface area (Å²) >= 11 is 1.35. The first-order valence-corrected chi connectivity index (χ1v) is 9.81. The lowest BCUT2D eigenvalue weighted by atomic mass is 10.1. The van der Waals surface area contributed by atoms with Crippen LogP contribution in [-0.2, 0) is 11.3 Å². The lowest BCUT2D eigenvalue weighted by Crippen LogP contribution is -2.17. The molecule has 7 nitrogen and oxygen atoms in total. The van der Waals surface area contributed by atoms with E-state index in [0.29, 0.717) is 11.5 Å². The van der Waals surface area contributed by atoms with E-state index in [0.717, 1.165) is 28.7 Å². The Labute approximate surface area is 163 Å². The monoisotopic (exact) mass is 390 g/mol. The number of nitrogens with zero attached hydrogens (tertiary/aromatic N) is 3. The van der Waals surface area contributed by atoms with Crippen molar-refractivity contribution in [1.29, 1.82) is 0 Å². The molecule has 0 aliphatic heterocycles. The van der Waals surface area contributed by atoms with Crippen molar-refractivity contribution in [3.8, 4) is 0 Å². The number of thioether (sulfide) groups is 1. The number of hydrogen-bond donors (Lipinski definition) is 1. The fourth-order valence-corrected chi connectivity index (χ4v) is 3.63. The zero-order chi connectivity index (χ0) is 20.3. The van der Waals surface area contributed by atoms with Gasteiger partial charge < -0.3 is 9.88 Å². The highest BCUT2D eigenvalue weighted by Crippen LogP contribution is 2.30. The van der Waals surface area contributed by atoms with E-state index in [2.05, 4.69) is 28.7 Å². The molecule has 27 heavy (non-hydrogen) atoms. The molecule has 0 spiro atoms. The zero-order valence-electron chi connectivity index (χ0n) is 16.6. The number of hydrogen-bond acceptors (Lipinski definition) is 5. The summed E-state index contributed by atoms with van der Waals surface area (Å²) in [5, 5.41) is 14.8. The van der Waals surface area contributed by atoms with E-state index in [-0.39, 0.29) is 23.0 Å². The molecule has 0 unspecified atom stereocenters. The van der Waals surface area contributed by atoms with Crippen molar-refractivity contribution in [1.82, 2.24) is 9.55 Å². The quantitative estimate of drug-likeness (QED) is 0.429. The lowest BCUT2D eigenvalue weighted by molar-refractivity contribution is -0.384. The number of amides is 1. The number of rotatable bonds is 7. The van der Waals surface area contributed by atoms with E-state index < -0.39 is 4.92 Å². The average molecular weight is 391 g/mol. The molecule has 1 amide bonds. The number of anilines is 1. The molecule has 8 heteroatoms. The Kier molecular flexibility index (Phi) is 6.64. The van der Waals surface area contributed by atoms with Gasteiger partial charge >= 0.3 is 0 Å². The van der Waals surface area contributed by atoms with Gasteiger partial charge in [0.05, 0.1) is 16.4 Å². The third-order valence-electron chi connectivity index (χ3n) is 4.48. The summed E-state index contributed by atoms with van der Waals surface area (Å²) in [6, 6.07) is 3.11. The van der Waals surface area contributed by atoms with Crippen LogP contribution in [-0.4, -0.2) is 26.1 Å². The van der Waals surface area contributed by atoms with Crippen molar-refractivity contribution in [3.05, 3.63) is 44.8 Å². The van der Waals surface area contributed by atoms with Gasteiger partial charge in [-0.05, 0) is 44.7 Å². The number of aromatic nitrogens is 2. The standard InChI is InChI=1S/C19H26N4O3S/c1-11(2)9-22-15(6)14(5)20-19(22)27-10-17(24)21-18-13(4)12(3)7-8-16(18)23(25)26/h7-8,11H,9-10H2,1-6H3,(H,21,24). The van der Waals surface area contributed by atoms with E-state index in [9.17, 15) is 14.9 Å². The Morgan fingerprint density at radius 3 is 2.56 bits per heavy atom. The van der Waals surface area contributed by atoms with Gasteiger partial charge in [0.2, 0.25) is 5.91 Å². The Hall–Kier alpha value is -2.35. The minimum atomic E-state index is -0.475. The number of nitro benzene ring substituents is 1. The van der Waals surface area contributed by atoms with Crippen LogP contribution in [0.5, 0.6) is 0 Å². The third kappa shape index (κ3) is 4.88. The Morgan fingerprint density at radius 2 is 1.96 bits per heavy atom. The summed E-state index contributed by atoms with van der Waals surface area (Å²) in [5.74, 6) is 0.313. The van der Waals surface area contributed by atoms with Crippen molar-refractivity contribution >= 4 is 29.0 Å². The number of benzene rings is 1. The number of nitro groups is 1. The molecule has 0 atom stereocenters. The number of carbonyl (C=O) groups excluding carboxylic acids is 1. The Bertz CT molecular complexity index is 874. The van der Waals surface area contributed by atoms with Gasteiger partial charge in [-0.2, -0.15) is 0 Å². The van der Waals surface area contributed by atoms with Crippen LogP contribution in [0.2, 0.25) is 0 Å². The van der Waals surface area contributed by atoms with Gasteiger partial charge in [0, 0.05) is 18.3 Å². The van der Waals surface area contributed by atoms with Gasteiger partial charge in [-0.3, -0.25) is 14.9 Å². The van der Waals surface area contributed by atoms with Crippen LogP contribution < -0.4 is 5.32 Å². The third-order valence-corrected chi connectivity index (χ3v) is 5.45. The summed E-state index contributed by atoms with van der Waals surface area (Å²) in [6.45, 7) is 12.7. The second kappa shape index (κ2) is 8.56.